The third kappa shape index (κ3) is 4.44. The number of rotatable bonds is 6. The van der Waals surface area contributed by atoms with Gasteiger partial charge < -0.3 is 19.5 Å². The van der Waals surface area contributed by atoms with Crippen LogP contribution in [0.1, 0.15) is 52.0 Å². The molecular formula is C24H28BrNO5S. The molecule has 0 amide bonds. The summed E-state index contributed by atoms with van der Waals surface area (Å²) in [4.78, 5) is 26.7. The van der Waals surface area contributed by atoms with Gasteiger partial charge in [-0.2, -0.15) is 11.8 Å². The molecule has 0 fully saturated rings. The van der Waals surface area contributed by atoms with Crippen LogP contribution in [0, 0.1) is 5.41 Å². The smallest absolute Gasteiger partial charge is 0.336 e. The van der Waals surface area contributed by atoms with Crippen LogP contribution < -0.4 is 14.8 Å². The normalized spacial score (nSPS) is 21.4. The maximum atomic E-state index is 13.4. The number of carbonyl (C=O) groups is 2. The minimum Gasteiger partial charge on any atom is -0.461 e. The lowest BCUT2D eigenvalue weighted by molar-refractivity contribution is -0.138. The Morgan fingerprint density at radius 2 is 2.00 bits per heavy atom. The van der Waals surface area contributed by atoms with Gasteiger partial charge in [0, 0.05) is 39.5 Å². The summed E-state index contributed by atoms with van der Waals surface area (Å²) in [6.07, 6.45) is 1.17. The first-order valence-corrected chi connectivity index (χ1v) is 12.7. The molecule has 0 unspecified atom stereocenters. The fourth-order valence-corrected chi connectivity index (χ4v) is 5.63. The summed E-state index contributed by atoms with van der Waals surface area (Å²) in [5.41, 5.74) is 3.37. The minimum atomic E-state index is -0.537. The molecule has 2 heterocycles. The Hall–Kier alpha value is -1.93. The second-order valence-electron chi connectivity index (χ2n) is 8.99. The van der Waals surface area contributed by atoms with Gasteiger partial charge in [-0.1, -0.05) is 36.7 Å². The SMILES string of the molecule is CCSCCOC(=O)C1=C(C)NC2=C(C(=O)CC(C)(C)C2)[C@H]1c1cc2c(cc1Br)OCO2. The topological polar surface area (TPSA) is 73.9 Å². The molecule has 0 radical (unpaired) electrons. The molecule has 0 bridgehead atoms. The highest BCUT2D eigenvalue weighted by molar-refractivity contribution is 9.10. The molecule has 1 aliphatic carbocycles. The van der Waals surface area contributed by atoms with Crippen molar-refractivity contribution in [2.24, 2.45) is 5.41 Å². The monoisotopic (exact) mass is 521 g/mol. The van der Waals surface area contributed by atoms with Crippen LogP contribution in [0.2, 0.25) is 0 Å². The Balaban J connectivity index is 1.79. The molecule has 2 aliphatic heterocycles. The highest BCUT2D eigenvalue weighted by atomic mass is 79.9. The molecule has 1 N–H and O–H groups in total. The van der Waals surface area contributed by atoms with Crippen LogP contribution in [0.3, 0.4) is 0 Å². The lowest BCUT2D eigenvalue weighted by Gasteiger charge is -2.39. The molecule has 1 aromatic carbocycles. The number of esters is 1. The van der Waals surface area contributed by atoms with Crippen molar-refractivity contribution >= 4 is 39.4 Å². The predicted octanol–water partition coefficient (Wildman–Crippen LogP) is 5.08. The van der Waals surface area contributed by atoms with Crippen molar-refractivity contribution in [3.05, 3.63) is 44.7 Å². The first kappa shape index (κ1) is 23.2. The standard InChI is InChI=1S/C24H28BrNO5S/c1-5-32-7-6-29-23(28)20-13(2)26-16-10-24(3,4)11-17(27)22(16)21(20)14-8-18-19(9-15(14)25)31-12-30-18/h8-9,21,26H,5-7,10-12H2,1-4H3/t21-/m0/s1. The summed E-state index contributed by atoms with van der Waals surface area (Å²) in [6.45, 7) is 8.61. The van der Waals surface area contributed by atoms with E-state index in [1.54, 1.807) is 11.8 Å². The van der Waals surface area contributed by atoms with E-state index >= 15 is 0 Å². The van der Waals surface area contributed by atoms with Gasteiger partial charge in [-0.15, -0.1) is 0 Å². The van der Waals surface area contributed by atoms with Gasteiger partial charge in [0.15, 0.2) is 17.3 Å². The van der Waals surface area contributed by atoms with Crippen LogP contribution in [-0.2, 0) is 14.3 Å². The third-order valence-corrected chi connectivity index (χ3v) is 7.48. The lowest BCUT2D eigenvalue weighted by atomic mass is 9.68. The van der Waals surface area contributed by atoms with Crippen LogP contribution in [0.15, 0.2) is 39.1 Å². The number of ether oxygens (including phenoxy) is 3. The number of benzene rings is 1. The molecule has 0 saturated carbocycles. The summed E-state index contributed by atoms with van der Waals surface area (Å²) in [5.74, 6) is 2.07. The van der Waals surface area contributed by atoms with Gasteiger partial charge in [0.1, 0.15) is 6.61 Å². The maximum absolute atomic E-state index is 13.4. The zero-order valence-electron chi connectivity index (χ0n) is 18.8. The van der Waals surface area contributed by atoms with E-state index in [4.69, 9.17) is 14.2 Å². The van der Waals surface area contributed by atoms with Crippen LogP contribution in [0.5, 0.6) is 11.5 Å². The van der Waals surface area contributed by atoms with E-state index in [1.807, 2.05) is 19.1 Å². The zero-order chi connectivity index (χ0) is 23.0. The lowest BCUT2D eigenvalue weighted by Crippen LogP contribution is -2.38. The molecule has 1 aromatic rings. The van der Waals surface area contributed by atoms with Gasteiger partial charge in [-0.25, -0.2) is 4.79 Å². The van der Waals surface area contributed by atoms with Gasteiger partial charge >= 0.3 is 5.97 Å². The molecule has 4 rings (SSSR count). The highest BCUT2D eigenvalue weighted by Gasteiger charge is 2.44. The number of hydrogen-bond acceptors (Lipinski definition) is 7. The number of halogens is 1. The second-order valence-corrected chi connectivity index (χ2v) is 11.2. The first-order chi connectivity index (χ1) is 15.2. The van der Waals surface area contributed by atoms with Gasteiger partial charge in [0.25, 0.3) is 0 Å². The fourth-order valence-electron chi connectivity index (χ4n) is 4.59. The van der Waals surface area contributed by atoms with Crippen LogP contribution in [-0.4, -0.2) is 36.7 Å². The molecule has 6 nitrogen and oxygen atoms in total. The number of thioether (sulfide) groups is 1. The van der Waals surface area contributed by atoms with E-state index in [1.165, 1.54) is 0 Å². The van der Waals surface area contributed by atoms with Gasteiger partial charge in [-0.05, 0) is 42.2 Å². The largest absolute Gasteiger partial charge is 0.461 e. The van der Waals surface area contributed by atoms with Crippen molar-refractivity contribution in [3.8, 4) is 11.5 Å². The Morgan fingerprint density at radius 3 is 2.72 bits per heavy atom. The van der Waals surface area contributed by atoms with Crippen molar-refractivity contribution in [1.29, 1.82) is 0 Å². The van der Waals surface area contributed by atoms with Crippen LogP contribution >= 0.6 is 27.7 Å². The number of ketones is 1. The molecule has 32 heavy (non-hydrogen) atoms. The molecule has 172 valence electrons. The summed E-state index contributed by atoms with van der Waals surface area (Å²) in [5, 5.41) is 3.37. The molecule has 1 atom stereocenters. The molecule has 0 aromatic heterocycles. The highest BCUT2D eigenvalue weighted by Crippen LogP contribution is 2.50. The average molecular weight is 522 g/mol. The number of dihydropyridines is 1. The summed E-state index contributed by atoms with van der Waals surface area (Å²) in [6, 6.07) is 3.71. The van der Waals surface area contributed by atoms with E-state index in [2.05, 4.69) is 42.0 Å². The summed E-state index contributed by atoms with van der Waals surface area (Å²) < 4.78 is 17.5. The third-order valence-electron chi connectivity index (χ3n) is 5.93. The van der Waals surface area contributed by atoms with Crippen molar-refractivity contribution in [2.75, 3.05) is 24.9 Å². The number of Topliss-reactive ketones (excluding diaryl/α,β-unsaturated/α-hetero) is 1. The predicted molar refractivity (Wildman–Crippen MR) is 128 cm³/mol. The molecule has 0 spiro atoms. The minimum absolute atomic E-state index is 0.0534. The van der Waals surface area contributed by atoms with Gasteiger partial charge in [0.2, 0.25) is 6.79 Å². The Kier molecular flexibility index (Phi) is 6.63. The quantitative estimate of drug-likeness (QED) is 0.413. The fraction of sp³-hybridized carbons (Fsp3) is 0.500. The number of allylic oxidation sites excluding steroid dienone is 3. The van der Waals surface area contributed by atoms with Crippen molar-refractivity contribution in [3.63, 3.8) is 0 Å². The van der Waals surface area contributed by atoms with Gasteiger partial charge in [0.05, 0.1) is 5.57 Å². The molecule has 3 aliphatic rings. The van der Waals surface area contributed by atoms with Crippen molar-refractivity contribution < 1.29 is 23.8 Å². The zero-order valence-corrected chi connectivity index (χ0v) is 21.2. The number of hydrogen-bond donors (Lipinski definition) is 1. The van der Waals surface area contributed by atoms with Crippen LogP contribution in [0.25, 0.3) is 0 Å². The summed E-state index contributed by atoms with van der Waals surface area (Å²) >= 11 is 5.36. The molecular weight excluding hydrogens is 494 g/mol. The maximum Gasteiger partial charge on any atom is 0.336 e. The summed E-state index contributed by atoms with van der Waals surface area (Å²) in [7, 11) is 0. The van der Waals surface area contributed by atoms with Gasteiger partial charge in [-0.3, -0.25) is 4.79 Å². The molecule has 8 heteroatoms. The number of carbonyl (C=O) groups excluding carboxylic acids is 2. The number of nitrogens with one attached hydrogen (secondary N) is 1. The van der Waals surface area contributed by atoms with E-state index in [0.717, 1.165) is 39.4 Å². The number of fused-ring (bicyclic) bond motifs is 1. The Morgan fingerprint density at radius 1 is 1.28 bits per heavy atom. The van der Waals surface area contributed by atoms with Crippen molar-refractivity contribution in [1.82, 2.24) is 5.32 Å². The van der Waals surface area contributed by atoms with E-state index < -0.39 is 11.9 Å². The van der Waals surface area contributed by atoms with E-state index in [9.17, 15) is 9.59 Å². The van der Waals surface area contributed by atoms with E-state index in [0.29, 0.717) is 35.7 Å². The first-order valence-electron chi connectivity index (χ1n) is 10.8. The second kappa shape index (κ2) is 9.14. The molecule has 0 saturated heterocycles. The van der Waals surface area contributed by atoms with Crippen molar-refractivity contribution in [2.45, 2.75) is 46.5 Å². The van der Waals surface area contributed by atoms with Crippen LogP contribution in [0.4, 0.5) is 0 Å². The Labute approximate surface area is 201 Å². The Bertz CT molecular complexity index is 1030. The average Bonchev–Trinajstić information content (AvgIpc) is 3.15. The van der Waals surface area contributed by atoms with E-state index in [-0.39, 0.29) is 18.0 Å².